The molecule has 4 N–H and O–H groups in total. The molecule has 5 rings (SSSR count). The van der Waals surface area contributed by atoms with Crippen molar-refractivity contribution in [2.75, 3.05) is 30.4 Å². The van der Waals surface area contributed by atoms with E-state index in [1.54, 1.807) is 49.9 Å². The van der Waals surface area contributed by atoms with E-state index in [1.165, 1.54) is 36.0 Å². The Morgan fingerprint density at radius 1 is 1.08 bits per heavy atom. The summed E-state index contributed by atoms with van der Waals surface area (Å²) in [6.45, 7) is 4.25. The fourth-order valence-corrected chi connectivity index (χ4v) is 7.21. The monoisotopic (exact) mass is 679 g/mol. The number of nitrogens with two attached hydrogens (primary N) is 1. The first-order valence-electron chi connectivity index (χ1n) is 15.4. The quantitative estimate of drug-likeness (QED) is 0.240. The van der Waals surface area contributed by atoms with Crippen LogP contribution in [0.2, 0.25) is 0 Å². The first-order chi connectivity index (χ1) is 22.8. The molecule has 1 unspecified atom stereocenters. The van der Waals surface area contributed by atoms with E-state index in [0.717, 1.165) is 28.9 Å². The maximum absolute atomic E-state index is 13.7. The molecule has 0 bridgehead atoms. The van der Waals surface area contributed by atoms with Crippen molar-refractivity contribution in [3.8, 4) is 11.5 Å². The Balaban J connectivity index is 1.31. The van der Waals surface area contributed by atoms with Crippen molar-refractivity contribution in [3.63, 3.8) is 0 Å². The molecular weight excluding hydrogens is 641 g/mol. The zero-order chi connectivity index (χ0) is 34.7. The lowest BCUT2D eigenvalue weighted by Crippen LogP contribution is -2.57. The number of aliphatic hydroxyl groups excluding tert-OH is 1. The molecule has 3 aromatic rings. The van der Waals surface area contributed by atoms with Crippen LogP contribution >= 0.6 is 11.8 Å². The first-order valence-corrected chi connectivity index (χ1v) is 16.5. The molecule has 1 saturated heterocycles. The fraction of sp³-hybridized carbons (Fsp3) is 0.371. The molecule has 0 saturated carbocycles. The van der Waals surface area contributed by atoms with E-state index in [1.807, 2.05) is 18.2 Å². The van der Waals surface area contributed by atoms with E-state index in [2.05, 4.69) is 0 Å². The second-order valence-electron chi connectivity index (χ2n) is 12.7. The van der Waals surface area contributed by atoms with Gasteiger partial charge in [0.25, 0.3) is 5.91 Å². The summed E-state index contributed by atoms with van der Waals surface area (Å²) in [6, 6.07) is 16.0. The van der Waals surface area contributed by atoms with Crippen molar-refractivity contribution >= 4 is 41.1 Å². The number of hydrogen-bond acceptors (Lipinski definition) is 9. The number of benzene rings is 3. The van der Waals surface area contributed by atoms with Gasteiger partial charge < -0.3 is 30.3 Å². The normalized spacial score (nSPS) is 18.3. The average molecular weight is 680 g/mol. The van der Waals surface area contributed by atoms with E-state index in [0.29, 0.717) is 17.2 Å². The van der Waals surface area contributed by atoms with Crippen molar-refractivity contribution in [1.29, 1.82) is 0 Å². The van der Waals surface area contributed by atoms with Crippen LogP contribution in [-0.4, -0.2) is 75.6 Å². The number of hydrogen-bond donors (Lipinski definition) is 3. The number of carbonyl (C=O) groups excluding carboxylic acids is 3. The van der Waals surface area contributed by atoms with Crippen LogP contribution in [0.1, 0.15) is 49.6 Å². The number of rotatable bonds is 12. The molecule has 0 radical (unpaired) electrons. The molecule has 2 aliphatic rings. The molecule has 0 aliphatic carbocycles. The number of halogens is 1. The van der Waals surface area contributed by atoms with Crippen molar-refractivity contribution < 1.29 is 43.3 Å². The van der Waals surface area contributed by atoms with Gasteiger partial charge in [-0.3, -0.25) is 19.3 Å². The molecular formula is C35H38FN3O8S. The summed E-state index contributed by atoms with van der Waals surface area (Å²) in [5.41, 5.74) is 7.55. The van der Waals surface area contributed by atoms with Crippen molar-refractivity contribution in [2.24, 2.45) is 11.1 Å². The highest BCUT2D eigenvalue weighted by Crippen LogP contribution is 2.46. The van der Waals surface area contributed by atoms with Gasteiger partial charge in [-0.1, -0.05) is 39.0 Å². The Kier molecular flexibility index (Phi) is 10.4. The van der Waals surface area contributed by atoms with E-state index >= 15 is 0 Å². The van der Waals surface area contributed by atoms with Crippen molar-refractivity contribution in [3.05, 3.63) is 89.2 Å². The lowest BCUT2D eigenvalue weighted by atomic mass is 9.85. The van der Waals surface area contributed by atoms with Gasteiger partial charge in [0, 0.05) is 17.9 Å². The average Bonchev–Trinajstić information content (AvgIpc) is 3.53. The molecule has 2 heterocycles. The number of nitrogens with zero attached hydrogens (tertiary/aromatic N) is 2. The number of anilines is 1. The predicted octanol–water partition coefficient (Wildman–Crippen LogP) is 3.88. The second-order valence-corrected chi connectivity index (χ2v) is 13.9. The molecule has 0 aromatic heterocycles. The number of fused-ring (bicyclic) bond motifs is 1. The van der Waals surface area contributed by atoms with Gasteiger partial charge in [0.05, 0.1) is 25.3 Å². The number of carboxylic acid groups (broad SMARTS) is 1. The number of carbonyl (C=O) groups is 4. The van der Waals surface area contributed by atoms with Gasteiger partial charge in [-0.25, -0.2) is 9.18 Å². The summed E-state index contributed by atoms with van der Waals surface area (Å²) in [4.78, 5) is 53.3. The topological polar surface area (TPSA) is 160 Å². The van der Waals surface area contributed by atoms with E-state index in [-0.39, 0.29) is 17.4 Å². The number of amides is 3. The molecule has 254 valence electrons. The SMILES string of the molecule is CC(C)(C)[C@H](C(=O)O)N(C(=O)CN)C(=O)COc1ccc(C2[C@@H](SC[C@H](O)c3ccc4c(c3)CCO4)C(=O)N2c2ccc(F)cc2)cc1. The minimum absolute atomic E-state index is 0.186. The Morgan fingerprint density at radius 2 is 1.77 bits per heavy atom. The smallest absolute Gasteiger partial charge is 0.327 e. The van der Waals surface area contributed by atoms with Crippen LogP contribution in [0, 0.1) is 11.2 Å². The van der Waals surface area contributed by atoms with Gasteiger partial charge in [-0.05, 0) is 70.6 Å². The van der Waals surface area contributed by atoms with E-state index in [9.17, 15) is 33.8 Å². The molecule has 1 fully saturated rings. The van der Waals surface area contributed by atoms with Crippen LogP contribution in [0.15, 0.2) is 66.7 Å². The van der Waals surface area contributed by atoms with Crippen LogP contribution in [0.4, 0.5) is 10.1 Å². The summed E-state index contributed by atoms with van der Waals surface area (Å²) < 4.78 is 24.9. The largest absolute Gasteiger partial charge is 0.493 e. The molecule has 13 heteroatoms. The van der Waals surface area contributed by atoms with Crippen LogP contribution in [0.25, 0.3) is 0 Å². The highest BCUT2D eigenvalue weighted by Gasteiger charge is 2.49. The Hall–Kier alpha value is -4.46. The number of carboxylic acids is 1. The minimum Gasteiger partial charge on any atom is -0.493 e. The summed E-state index contributed by atoms with van der Waals surface area (Å²) >= 11 is 1.33. The van der Waals surface area contributed by atoms with Gasteiger partial charge >= 0.3 is 5.97 Å². The summed E-state index contributed by atoms with van der Waals surface area (Å²) in [5.74, 6) is -2.30. The minimum atomic E-state index is -1.45. The van der Waals surface area contributed by atoms with Gasteiger partial charge in [0.1, 0.15) is 28.6 Å². The fourth-order valence-electron chi connectivity index (χ4n) is 5.91. The summed E-state index contributed by atoms with van der Waals surface area (Å²) in [7, 11) is 0. The van der Waals surface area contributed by atoms with Crippen molar-refractivity contribution in [1.82, 2.24) is 4.90 Å². The number of thioether (sulfide) groups is 1. The van der Waals surface area contributed by atoms with Gasteiger partial charge in [0.15, 0.2) is 6.61 Å². The van der Waals surface area contributed by atoms with E-state index < -0.39 is 65.6 Å². The summed E-state index contributed by atoms with van der Waals surface area (Å²) in [6.07, 6.45) is -0.0383. The molecule has 11 nitrogen and oxygen atoms in total. The zero-order valence-corrected chi connectivity index (χ0v) is 27.6. The maximum atomic E-state index is 13.7. The number of ether oxygens (including phenoxy) is 2. The third-order valence-electron chi connectivity index (χ3n) is 8.29. The number of β-lactam (4-membered cyclic amide) rings is 1. The van der Waals surface area contributed by atoms with E-state index in [4.69, 9.17) is 15.2 Å². The van der Waals surface area contributed by atoms with Gasteiger partial charge in [0.2, 0.25) is 11.8 Å². The third kappa shape index (κ3) is 7.33. The molecule has 3 aromatic carbocycles. The lowest BCUT2D eigenvalue weighted by Gasteiger charge is -2.47. The predicted molar refractivity (Wildman–Crippen MR) is 177 cm³/mol. The third-order valence-corrected chi connectivity index (χ3v) is 9.62. The van der Waals surface area contributed by atoms with Crippen LogP contribution in [0.5, 0.6) is 11.5 Å². The zero-order valence-electron chi connectivity index (χ0n) is 26.8. The molecule has 48 heavy (non-hydrogen) atoms. The second kappa shape index (κ2) is 14.3. The van der Waals surface area contributed by atoms with Gasteiger partial charge in [-0.2, -0.15) is 0 Å². The molecule has 3 amide bonds. The number of imide groups is 1. The Bertz CT molecular complexity index is 1680. The summed E-state index contributed by atoms with van der Waals surface area (Å²) in [5, 5.41) is 20.2. The van der Waals surface area contributed by atoms with Gasteiger partial charge in [-0.15, -0.1) is 11.8 Å². The van der Waals surface area contributed by atoms with Crippen LogP contribution in [-0.2, 0) is 25.6 Å². The maximum Gasteiger partial charge on any atom is 0.327 e. The molecule has 2 aliphatic heterocycles. The highest BCUT2D eigenvalue weighted by molar-refractivity contribution is 8.00. The highest BCUT2D eigenvalue weighted by atomic mass is 32.2. The lowest BCUT2D eigenvalue weighted by molar-refractivity contribution is -0.163. The van der Waals surface area contributed by atoms with Crippen LogP contribution < -0.4 is 20.1 Å². The number of aliphatic carboxylic acids is 1. The standard InChI is InChI=1S/C35H38FN3O8S/c1-35(2,3)32(34(44)45)39(28(41)17-37)29(42)18-47-25-11-4-20(5-12-25)30-31(33(43)38(30)24-9-7-23(36)8-10-24)48-19-26(40)21-6-13-27-22(16-21)14-15-46-27/h4-13,16,26,30-32,40H,14-15,17-19,37H2,1-3H3,(H,44,45)/t26-,30?,31+,32-/m0/s1. The Morgan fingerprint density at radius 3 is 2.40 bits per heavy atom. The Labute approximate surface area is 281 Å². The molecule has 0 spiro atoms. The number of aliphatic hydroxyl groups is 1. The molecule has 4 atom stereocenters. The first kappa shape index (κ1) is 34.9. The van der Waals surface area contributed by atoms with Crippen molar-refractivity contribution in [2.45, 2.75) is 50.6 Å². The van der Waals surface area contributed by atoms with Crippen LogP contribution in [0.3, 0.4) is 0 Å².